The molecule has 1 amide bonds. The predicted octanol–water partition coefficient (Wildman–Crippen LogP) is 2.23. The van der Waals surface area contributed by atoms with Gasteiger partial charge in [0.1, 0.15) is 5.82 Å². The molecule has 1 fully saturated rings. The summed E-state index contributed by atoms with van der Waals surface area (Å²) >= 11 is 0. The summed E-state index contributed by atoms with van der Waals surface area (Å²) in [5.41, 5.74) is 0.684. The van der Waals surface area contributed by atoms with E-state index >= 15 is 0 Å². The highest BCUT2D eigenvalue weighted by Crippen LogP contribution is 2.26. The first kappa shape index (κ1) is 23.0. The SMILES string of the molecule is CC(C)(C)c1cc(NC(=O)c2cccc(S(=O)(=O)N3CCOCC3)c2)n(-c2ncccn2)n1. The number of aromatic nitrogens is 4. The number of ether oxygens (including phenoxy) is 1. The van der Waals surface area contributed by atoms with Gasteiger partial charge >= 0.3 is 0 Å². The van der Waals surface area contributed by atoms with Crippen LogP contribution in [0.5, 0.6) is 0 Å². The molecule has 1 aromatic carbocycles. The number of morpholine rings is 1. The Morgan fingerprint density at radius 3 is 2.42 bits per heavy atom. The number of amides is 1. The summed E-state index contributed by atoms with van der Waals surface area (Å²) in [6.07, 6.45) is 3.18. The molecule has 1 aliphatic rings. The van der Waals surface area contributed by atoms with Crippen molar-refractivity contribution in [2.75, 3.05) is 31.6 Å². The summed E-state index contributed by atoms with van der Waals surface area (Å²) in [6, 6.07) is 9.45. The van der Waals surface area contributed by atoms with E-state index in [1.165, 1.54) is 21.1 Å². The van der Waals surface area contributed by atoms with Crippen LogP contribution in [0, 0.1) is 0 Å². The number of benzene rings is 1. The fraction of sp³-hybridized carbons (Fsp3) is 0.364. The van der Waals surface area contributed by atoms with Gasteiger partial charge in [0.15, 0.2) is 0 Å². The standard InChI is InChI=1S/C22H26N6O4S/c1-22(2,3)18-15-19(28(26-18)21-23-8-5-9-24-21)25-20(29)16-6-4-7-17(14-16)33(30,31)27-10-12-32-13-11-27/h4-9,14-15H,10-13H2,1-3H3,(H,25,29). The van der Waals surface area contributed by atoms with Gasteiger partial charge in [-0.15, -0.1) is 0 Å². The van der Waals surface area contributed by atoms with Gasteiger partial charge in [-0.2, -0.15) is 14.1 Å². The average Bonchev–Trinajstić information content (AvgIpc) is 3.25. The van der Waals surface area contributed by atoms with E-state index in [1.807, 2.05) is 20.8 Å². The van der Waals surface area contributed by atoms with E-state index in [1.54, 1.807) is 36.7 Å². The summed E-state index contributed by atoms with van der Waals surface area (Å²) in [5.74, 6) is 0.232. The Kier molecular flexibility index (Phi) is 6.28. The Labute approximate surface area is 192 Å². The Morgan fingerprint density at radius 1 is 1.06 bits per heavy atom. The van der Waals surface area contributed by atoms with Crippen LogP contribution in [0.15, 0.2) is 53.7 Å². The van der Waals surface area contributed by atoms with Crippen LogP contribution in [0.1, 0.15) is 36.8 Å². The lowest BCUT2D eigenvalue weighted by Crippen LogP contribution is -2.40. The zero-order valence-electron chi connectivity index (χ0n) is 18.7. The number of carbonyl (C=O) groups excluding carboxylic acids is 1. The zero-order chi connectivity index (χ0) is 23.6. The fourth-order valence-electron chi connectivity index (χ4n) is 3.31. The van der Waals surface area contributed by atoms with Crippen molar-refractivity contribution in [2.24, 2.45) is 0 Å². The minimum Gasteiger partial charge on any atom is -0.379 e. The second kappa shape index (κ2) is 9.00. The number of carbonyl (C=O) groups is 1. The molecule has 1 saturated heterocycles. The van der Waals surface area contributed by atoms with Crippen molar-refractivity contribution in [1.29, 1.82) is 0 Å². The maximum atomic E-state index is 13.1. The molecular weight excluding hydrogens is 444 g/mol. The maximum Gasteiger partial charge on any atom is 0.256 e. The van der Waals surface area contributed by atoms with Gasteiger partial charge in [0.25, 0.3) is 11.9 Å². The van der Waals surface area contributed by atoms with Crippen LogP contribution in [0.25, 0.3) is 5.95 Å². The van der Waals surface area contributed by atoms with Gasteiger partial charge in [-0.3, -0.25) is 4.79 Å². The second-order valence-corrected chi connectivity index (χ2v) is 10.6. The number of nitrogens with zero attached hydrogens (tertiary/aromatic N) is 5. The number of rotatable bonds is 5. The van der Waals surface area contributed by atoms with E-state index in [-0.39, 0.29) is 29.0 Å². The summed E-state index contributed by atoms with van der Waals surface area (Å²) < 4.78 is 34.0. The first-order chi connectivity index (χ1) is 15.7. The number of hydrogen-bond acceptors (Lipinski definition) is 7. The predicted molar refractivity (Wildman–Crippen MR) is 122 cm³/mol. The van der Waals surface area contributed by atoms with Gasteiger partial charge < -0.3 is 10.1 Å². The van der Waals surface area contributed by atoms with E-state index < -0.39 is 15.9 Å². The van der Waals surface area contributed by atoms with Gasteiger partial charge in [-0.25, -0.2) is 18.4 Å². The zero-order valence-corrected chi connectivity index (χ0v) is 19.5. The molecule has 10 nitrogen and oxygen atoms in total. The Hall–Kier alpha value is -3.15. The highest BCUT2D eigenvalue weighted by Gasteiger charge is 2.27. The monoisotopic (exact) mass is 470 g/mol. The van der Waals surface area contributed by atoms with Crippen molar-refractivity contribution < 1.29 is 17.9 Å². The lowest BCUT2D eigenvalue weighted by atomic mass is 9.92. The lowest BCUT2D eigenvalue weighted by molar-refractivity contribution is 0.0730. The van der Waals surface area contributed by atoms with Crippen LogP contribution in [0.2, 0.25) is 0 Å². The molecule has 1 aliphatic heterocycles. The Bertz CT molecular complexity index is 1250. The van der Waals surface area contributed by atoms with Gasteiger partial charge in [-0.1, -0.05) is 26.8 Å². The molecule has 2 aromatic heterocycles. The summed E-state index contributed by atoms with van der Waals surface area (Å²) in [6.45, 7) is 7.29. The van der Waals surface area contributed by atoms with Crippen molar-refractivity contribution in [1.82, 2.24) is 24.1 Å². The van der Waals surface area contributed by atoms with E-state index in [0.717, 1.165) is 5.69 Å². The van der Waals surface area contributed by atoms with Gasteiger partial charge in [0.05, 0.1) is 23.8 Å². The number of sulfonamides is 1. The molecule has 0 atom stereocenters. The highest BCUT2D eigenvalue weighted by atomic mass is 32.2. The summed E-state index contributed by atoms with van der Waals surface area (Å²) in [5, 5.41) is 7.41. The van der Waals surface area contributed by atoms with Crippen LogP contribution >= 0.6 is 0 Å². The van der Waals surface area contributed by atoms with Crippen LogP contribution < -0.4 is 5.32 Å². The molecule has 174 valence electrons. The molecule has 3 aromatic rings. The maximum absolute atomic E-state index is 13.1. The summed E-state index contributed by atoms with van der Waals surface area (Å²) in [4.78, 5) is 21.6. The topological polar surface area (TPSA) is 119 Å². The average molecular weight is 471 g/mol. The normalized spacial score (nSPS) is 15.4. The minimum absolute atomic E-state index is 0.0623. The van der Waals surface area contributed by atoms with Crippen molar-refractivity contribution in [3.63, 3.8) is 0 Å². The number of anilines is 1. The minimum atomic E-state index is -3.72. The first-order valence-corrected chi connectivity index (χ1v) is 12.0. The molecule has 4 rings (SSSR count). The van der Waals surface area contributed by atoms with Gasteiger partial charge in [0, 0.05) is 42.5 Å². The van der Waals surface area contributed by atoms with Gasteiger partial charge in [0.2, 0.25) is 10.0 Å². The lowest BCUT2D eigenvalue weighted by Gasteiger charge is -2.26. The Balaban J connectivity index is 1.64. The molecule has 0 aliphatic carbocycles. The second-order valence-electron chi connectivity index (χ2n) is 8.62. The molecule has 33 heavy (non-hydrogen) atoms. The highest BCUT2D eigenvalue weighted by molar-refractivity contribution is 7.89. The molecule has 1 N–H and O–H groups in total. The van der Waals surface area contributed by atoms with Crippen LogP contribution in [-0.4, -0.2) is 64.7 Å². The fourth-order valence-corrected chi connectivity index (χ4v) is 4.77. The third-order valence-electron chi connectivity index (χ3n) is 5.17. The molecule has 0 radical (unpaired) electrons. The molecule has 0 saturated carbocycles. The number of nitrogens with one attached hydrogen (secondary N) is 1. The van der Waals surface area contributed by atoms with Crippen molar-refractivity contribution in [2.45, 2.75) is 31.1 Å². The molecule has 3 heterocycles. The molecule has 0 unspecified atom stereocenters. The van der Waals surface area contributed by atoms with Crippen LogP contribution in [0.3, 0.4) is 0 Å². The van der Waals surface area contributed by atoms with Crippen molar-refractivity contribution in [3.8, 4) is 5.95 Å². The van der Waals surface area contributed by atoms with Crippen LogP contribution in [0.4, 0.5) is 5.82 Å². The molecule has 0 spiro atoms. The quantitative estimate of drug-likeness (QED) is 0.607. The number of hydrogen-bond donors (Lipinski definition) is 1. The van der Waals surface area contributed by atoms with E-state index in [4.69, 9.17) is 4.74 Å². The first-order valence-electron chi connectivity index (χ1n) is 10.5. The smallest absolute Gasteiger partial charge is 0.256 e. The van der Waals surface area contributed by atoms with E-state index in [2.05, 4.69) is 20.4 Å². The molecule has 11 heteroatoms. The van der Waals surface area contributed by atoms with E-state index in [9.17, 15) is 13.2 Å². The largest absolute Gasteiger partial charge is 0.379 e. The third kappa shape index (κ3) is 4.95. The van der Waals surface area contributed by atoms with E-state index in [0.29, 0.717) is 25.0 Å². The summed E-state index contributed by atoms with van der Waals surface area (Å²) in [7, 11) is -3.72. The van der Waals surface area contributed by atoms with Crippen LogP contribution in [-0.2, 0) is 20.2 Å². The Morgan fingerprint density at radius 2 is 1.76 bits per heavy atom. The van der Waals surface area contributed by atoms with Crippen molar-refractivity contribution >= 4 is 21.7 Å². The van der Waals surface area contributed by atoms with Crippen molar-refractivity contribution in [3.05, 3.63) is 60.0 Å². The molecule has 0 bridgehead atoms. The molecular formula is C22H26N6O4S. The van der Waals surface area contributed by atoms with Gasteiger partial charge in [-0.05, 0) is 24.3 Å². The third-order valence-corrected chi connectivity index (χ3v) is 7.06.